The van der Waals surface area contributed by atoms with Crippen molar-refractivity contribution in [3.05, 3.63) is 39.1 Å². The zero-order chi connectivity index (χ0) is 13.4. The minimum absolute atomic E-state index is 0.0318. The highest BCUT2D eigenvalue weighted by Gasteiger charge is 2.15. The Hall–Kier alpha value is -1.50. The molecule has 0 fully saturated rings. The molecule has 0 saturated heterocycles. The van der Waals surface area contributed by atoms with Crippen molar-refractivity contribution in [3.8, 4) is 10.4 Å². The van der Waals surface area contributed by atoms with Crippen molar-refractivity contribution >= 4 is 32.9 Å². The number of aromatic amines is 1. The molecular formula is C13H13N3OS2. The van der Waals surface area contributed by atoms with Crippen molar-refractivity contribution in [1.82, 2.24) is 15.3 Å². The number of hydrogen-bond donors (Lipinski definition) is 2. The number of fused-ring (bicyclic) bond motifs is 1. The summed E-state index contributed by atoms with van der Waals surface area (Å²) >= 11 is 3.15. The average Bonchev–Trinajstić information content (AvgIpc) is 3.05. The molecule has 3 aromatic rings. The van der Waals surface area contributed by atoms with E-state index in [1.54, 1.807) is 11.3 Å². The molecule has 3 rings (SSSR count). The van der Waals surface area contributed by atoms with Crippen LogP contribution in [0.15, 0.2) is 27.7 Å². The summed E-state index contributed by atoms with van der Waals surface area (Å²) in [6, 6.07) is 4.04. The lowest BCUT2D eigenvalue weighted by Crippen LogP contribution is -2.20. The summed E-state index contributed by atoms with van der Waals surface area (Å²) in [5, 5.41) is 7.79. The van der Waals surface area contributed by atoms with E-state index < -0.39 is 0 Å². The topological polar surface area (TPSA) is 57.8 Å². The third-order valence-corrected chi connectivity index (χ3v) is 4.87. The Kier molecular flexibility index (Phi) is 3.22. The quantitative estimate of drug-likeness (QED) is 0.780. The van der Waals surface area contributed by atoms with Crippen LogP contribution in [0.25, 0.3) is 20.7 Å². The van der Waals surface area contributed by atoms with Gasteiger partial charge in [-0.3, -0.25) is 4.79 Å². The van der Waals surface area contributed by atoms with Gasteiger partial charge >= 0.3 is 0 Å². The maximum Gasteiger partial charge on any atom is 0.260 e. The van der Waals surface area contributed by atoms with Crippen LogP contribution < -0.4 is 10.9 Å². The van der Waals surface area contributed by atoms with Gasteiger partial charge in [0.15, 0.2) is 0 Å². The SMILES string of the molecule is CN[C@H](C)c1nc2scc(-c3cccs3)c2c(=O)[nH]1. The van der Waals surface area contributed by atoms with Gasteiger partial charge in [0.25, 0.3) is 5.56 Å². The predicted octanol–water partition coefficient (Wildman–Crippen LogP) is 2.99. The molecule has 0 radical (unpaired) electrons. The molecule has 0 aliphatic carbocycles. The van der Waals surface area contributed by atoms with Gasteiger partial charge in [0.1, 0.15) is 10.7 Å². The number of thiophene rings is 2. The van der Waals surface area contributed by atoms with E-state index in [1.807, 2.05) is 36.9 Å². The Labute approximate surface area is 118 Å². The number of nitrogens with zero attached hydrogens (tertiary/aromatic N) is 1. The number of aromatic nitrogens is 2. The van der Waals surface area contributed by atoms with Gasteiger partial charge in [0.2, 0.25) is 0 Å². The van der Waals surface area contributed by atoms with Gasteiger partial charge in [0, 0.05) is 15.8 Å². The van der Waals surface area contributed by atoms with E-state index in [2.05, 4.69) is 15.3 Å². The lowest BCUT2D eigenvalue weighted by Gasteiger charge is -2.08. The van der Waals surface area contributed by atoms with E-state index in [0.717, 1.165) is 15.3 Å². The first-order valence-electron chi connectivity index (χ1n) is 5.93. The van der Waals surface area contributed by atoms with Crippen LogP contribution in [-0.2, 0) is 0 Å². The lowest BCUT2D eigenvalue weighted by molar-refractivity contribution is 0.612. The highest BCUT2D eigenvalue weighted by molar-refractivity contribution is 7.18. The molecule has 2 N–H and O–H groups in total. The second kappa shape index (κ2) is 4.88. The van der Waals surface area contributed by atoms with Gasteiger partial charge in [-0.1, -0.05) is 6.07 Å². The minimum Gasteiger partial charge on any atom is -0.311 e. The molecule has 0 aliphatic heterocycles. The van der Waals surface area contributed by atoms with Crippen LogP contribution in [0.4, 0.5) is 0 Å². The fourth-order valence-electron chi connectivity index (χ4n) is 1.92. The number of H-pyrrole nitrogens is 1. The van der Waals surface area contributed by atoms with Crippen LogP contribution >= 0.6 is 22.7 Å². The Bertz CT molecular complexity index is 758. The lowest BCUT2D eigenvalue weighted by atomic mass is 10.2. The molecule has 0 aliphatic rings. The summed E-state index contributed by atoms with van der Waals surface area (Å²) in [5.74, 6) is 0.680. The fourth-order valence-corrected chi connectivity index (χ4v) is 3.69. The maximum atomic E-state index is 12.3. The molecule has 3 heterocycles. The van der Waals surface area contributed by atoms with Gasteiger partial charge in [0.05, 0.1) is 11.4 Å². The molecule has 98 valence electrons. The summed E-state index contributed by atoms with van der Waals surface area (Å²) in [5.41, 5.74) is 0.916. The first-order valence-corrected chi connectivity index (χ1v) is 7.69. The second-order valence-corrected chi connectivity index (χ2v) is 6.07. The van der Waals surface area contributed by atoms with E-state index in [4.69, 9.17) is 0 Å². The molecule has 3 aromatic heterocycles. The maximum absolute atomic E-state index is 12.3. The molecule has 4 nitrogen and oxygen atoms in total. The van der Waals surface area contributed by atoms with Crippen LogP contribution in [0, 0.1) is 0 Å². The van der Waals surface area contributed by atoms with Gasteiger partial charge in [-0.2, -0.15) is 0 Å². The van der Waals surface area contributed by atoms with Gasteiger partial charge in [-0.25, -0.2) is 4.98 Å². The van der Waals surface area contributed by atoms with Crippen LogP contribution in [-0.4, -0.2) is 17.0 Å². The number of hydrogen-bond acceptors (Lipinski definition) is 5. The van der Waals surface area contributed by atoms with Gasteiger partial charge in [-0.15, -0.1) is 22.7 Å². The van der Waals surface area contributed by atoms with Crippen molar-refractivity contribution in [3.63, 3.8) is 0 Å². The Balaban J connectivity index is 2.23. The van der Waals surface area contributed by atoms with Crippen LogP contribution in [0.5, 0.6) is 0 Å². The van der Waals surface area contributed by atoms with Crippen LogP contribution in [0.1, 0.15) is 18.8 Å². The van der Waals surface area contributed by atoms with Crippen LogP contribution in [0.2, 0.25) is 0 Å². The van der Waals surface area contributed by atoms with E-state index in [-0.39, 0.29) is 11.6 Å². The van der Waals surface area contributed by atoms with E-state index in [1.165, 1.54) is 11.3 Å². The number of nitrogens with one attached hydrogen (secondary N) is 2. The monoisotopic (exact) mass is 291 g/mol. The molecule has 0 saturated carbocycles. The summed E-state index contributed by atoms with van der Waals surface area (Å²) in [6.45, 7) is 1.97. The zero-order valence-corrected chi connectivity index (χ0v) is 12.2. The summed E-state index contributed by atoms with van der Waals surface area (Å²) in [4.78, 5) is 21.6. The zero-order valence-electron chi connectivity index (χ0n) is 10.6. The second-order valence-electron chi connectivity index (χ2n) is 4.27. The van der Waals surface area contributed by atoms with Crippen molar-refractivity contribution < 1.29 is 0 Å². The molecule has 19 heavy (non-hydrogen) atoms. The molecule has 1 atom stereocenters. The first-order chi connectivity index (χ1) is 9.20. The Morgan fingerprint density at radius 2 is 2.26 bits per heavy atom. The van der Waals surface area contributed by atoms with E-state index >= 15 is 0 Å². The van der Waals surface area contributed by atoms with E-state index in [0.29, 0.717) is 11.2 Å². The van der Waals surface area contributed by atoms with Crippen molar-refractivity contribution in [2.75, 3.05) is 7.05 Å². The third kappa shape index (κ3) is 2.11. The number of rotatable bonds is 3. The smallest absolute Gasteiger partial charge is 0.260 e. The molecule has 0 amide bonds. The molecule has 6 heteroatoms. The van der Waals surface area contributed by atoms with Gasteiger partial charge < -0.3 is 10.3 Å². The van der Waals surface area contributed by atoms with Crippen molar-refractivity contribution in [2.24, 2.45) is 0 Å². The predicted molar refractivity (Wildman–Crippen MR) is 81.0 cm³/mol. The summed E-state index contributed by atoms with van der Waals surface area (Å²) in [7, 11) is 1.85. The summed E-state index contributed by atoms with van der Waals surface area (Å²) < 4.78 is 0. The Morgan fingerprint density at radius 1 is 1.42 bits per heavy atom. The average molecular weight is 291 g/mol. The molecule has 0 bridgehead atoms. The molecule has 0 unspecified atom stereocenters. The molecule has 0 aromatic carbocycles. The molecular weight excluding hydrogens is 278 g/mol. The highest BCUT2D eigenvalue weighted by atomic mass is 32.1. The normalized spacial score (nSPS) is 12.9. The fraction of sp³-hybridized carbons (Fsp3) is 0.231. The molecule has 0 spiro atoms. The highest BCUT2D eigenvalue weighted by Crippen LogP contribution is 2.33. The minimum atomic E-state index is -0.0632. The van der Waals surface area contributed by atoms with Crippen molar-refractivity contribution in [1.29, 1.82) is 0 Å². The van der Waals surface area contributed by atoms with Crippen molar-refractivity contribution in [2.45, 2.75) is 13.0 Å². The van der Waals surface area contributed by atoms with E-state index in [9.17, 15) is 4.79 Å². The largest absolute Gasteiger partial charge is 0.311 e. The standard InChI is InChI=1S/C13H13N3OS2/c1-7(14-2)11-15-12(17)10-8(6-19-13(10)16-11)9-4-3-5-18-9/h3-7,14H,1-2H3,(H,15,16,17)/t7-/m1/s1. The van der Waals surface area contributed by atoms with Crippen LogP contribution in [0.3, 0.4) is 0 Å². The van der Waals surface area contributed by atoms with Gasteiger partial charge in [-0.05, 0) is 25.4 Å². The third-order valence-electron chi connectivity index (χ3n) is 3.09. The summed E-state index contributed by atoms with van der Waals surface area (Å²) in [6.07, 6.45) is 0. The first kappa shape index (κ1) is 12.5. The Morgan fingerprint density at radius 3 is 2.95 bits per heavy atom.